The van der Waals surface area contributed by atoms with Crippen LogP contribution in [0.5, 0.6) is 0 Å². The molecule has 160 valence electrons. The fourth-order valence-corrected chi connectivity index (χ4v) is 8.20. The predicted molar refractivity (Wildman–Crippen MR) is 75.9 cm³/mol. The van der Waals surface area contributed by atoms with E-state index in [1.165, 1.54) is 0 Å². The van der Waals surface area contributed by atoms with Gasteiger partial charge < -0.3 is 58.7 Å². The molecule has 0 saturated carbocycles. The van der Waals surface area contributed by atoms with Crippen LogP contribution in [0.2, 0.25) is 0 Å². The lowest BCUT2D eigenvalue weighted by Gasteiger charge is -2.23. The lowest BCUT2D eigenvalue weighted by Crippen LogP contribution is -2.13. The van der Waals surface area contributed by atoms with Crippen LogP contribution in [0, 0.1) is 0 Å². The van der Waals surface area contributed by atoms with Crippen LogP contribution in [0.25, 0.3) is 0 Å². The molecule has 12 N–H and O–H groups in total. The zero-order valence-electron chi connectivity index (χ0n) is 11.4. The summed E-state index contributed by atoms with van der Waals surface area (Å²) in [5, 5.41) is 0. The molecule has 20 nitrogen and oxygen atoms in total. The van der Waals surface area contributed by atoms with Gasteiger partial charge in [-0.25, -0.2) is 27.4 Å². The van der Waals surface area contributed by atoms with Crippen molar-refractivity contribution in [2.24, 2.45) is 0 Å². The Labute approximate surface area is 142 Å². The Morgan fingerprint density at radius 3 is 0.385 bits per heavy atom. The number of rotatable bonds is 6. The van der Waals surface area contributed by atoms with Gasteiger partial charge in [0.05, 0.1) is 0 Å². The quantitative estimate of drug-likeness (QED) is 0.158. The molecule has 0 aromatic carbocycles. The van der Waals surface area contributed by atoms with E-state index in [2.05, 4.69) is 0 Å². The van der Waals surface area contributed by atoms with E-state index in [9.17, 15) is 27.4 Å². The molecule has 0 bridgehead atoms. The van der Waals surface area contributed by atoms with E-state index in [1.807, 2.05) is 0 Å². The van der Waals surface area contributed by atoms with E-state index in [-0.39, 0.29) is 0 Å². The molecule has 0 amide bonds. The zero-order chi connectivity index (χ0) is 22.2. The van der Waals surface area contributed by atoms with Crippen molar-refractivity contribution in [3.63, 3.8) is 0 Å². The standard InChI is InChI=1S/2H6NO9P3/c2*2-11(3,4)1(12(5,6)7)13(8,9)10/h2*(H2,2,3,4)(H2,5,6,7)(H2,8,9,10). The smallest absolute Gasteiger partial charge is 0.312 e. The summed E-state index contributed by atoms with van der Waals surface area (Å²) < 4.78 is 58.7. The van der Waals surface area contributed by atoms with E-state index in [1.54, 1.807) is 0 Å². The Kier molecular flexibility index (Phi) is 9.68. The molecule has 0 spiro atoms. The van der Waals surface area contributed by atoms with Crippen LogP contribution in [0.4, 0.5) is 0 Å². The molecular weight excluding hydrogens is 502 g/mol. The van der Waals surface area contributed by atoms with Crippen LogP contribution >= 0.6 is 46.5 Å². The molecule has 0 aliphatic heterocycles. The number of hydrogen-bond donors (Lipinski definition) is 12. The molecule has 0 aliphatic rings. The highest BCUT2D eigenvalue weighted by Crippen LogP contribution is 2.72. The Bertz CT molecular complexity index is 585. The lowest BCUT2D eigenvalue weighted by atomic mass is 13.8. The summed E-state index contributed by atoms with van der Waals surface area (Å²) in [6, 6.07) is 0. The van der Waals surface area contributed by atoms with Crippen molar-refractivity contribution in [1.82, 2.24) is 8.42 Å². The first-order valence-electron chi connectivity index (χ1n) is 4.70. The minimum absolute atomic E-state index is 1.44. The maximum atomic E-state index is 10.3. The summed E-state index contributed by atoms with van der Waals surface area (Å²) in [6.07, 6.45) is 0. The van der Waals surface area contributed by atoms with Crippen LogP contribution in [0.1, 0.15) is 0 Å². The minimum atomic E-state index is -5.71. The van der Waals surface area contributed by atoms with Crippen molar-refractivity contribution in [3.8, 4) is 0 Å². The van der Waals surface area contributed by atoms with E-state index < -0.39 is 54.9 Å². The van der Waals surface area contributed by atoms with Gasteiger partial charge in [-0.3, -0.25) is 0 Å². The highest BCUT2D eigenvalue weighted by molar-refractivity contribution is 7.79. The van der Waals surface area contributed by atoms with Crippen molar-refractivity contribution in [3.05, 3.63) is 0 Å². The summed E-state index contributed by atoms with van der Waals surface area (Å²) in [5.41, 5.74) is 0. The average molecular weight is 514 g/mol. The van der Waals surface area contributed by atoms with Gasteiger partial charge >= 0.3 is 46.5 Å². The molecule has 0 aliphatic carbocycles. The van der Waals surface area contributed by atoms with Gasteiger partial charge in [-0.05, 0) is 8.42 Å². The number of hydrogen-bond acceptors (Lipinski definition) is 6. The first-order chi connectivity index (χ1) is 10.7. The second kappa shape index (κ2) is 8.67. The first kappa shape index (κ1) is 29.0. The third kappa shape index (κ3) is 10.4. The average Bonchev–Trinajstić information content (AvgIpc) is 1.97. The van der Waals surface area contributed by atoms with Crippen LogP contribution in [0.15, 0.2) is 0 Å². The Balaban J connectivity index is 0. The first-order valence-corrected chi connectivity index (χ1v) is 14.1. The summed E-state index contributed by atoms with van der Waals surface area (Å²) in [6.45, 7) is 0. The highest BCUT2D eigenvalue weighted by Gasteiger charge is 2.52. The number of nitrogens with zero attached hydrogens (tertiary/aromatic N) is 2. The molecule has 0 radical (unpaired) electrons. The molecule has 0 rings (SSSR count). The molecule has 26 heteroatoms. The Morgan fingerprint density at radius 1 is 0.308 bits per heavy atom. The fourth-order valence-electron chi connectivity index (χ4n) is 0.911. The third-order valence-electron chi connectivity index (χ3n) is 1.40. The largest absolute Gasteiger partial charge is 0.422 e. The van der Waals surface area contributed by atoms with E-state index in [0.29, 0.717) is 0 Å². The van der Waals surface area contributed by atoms with Crippen molar-refractivity contribution >= 4 is 46.5 Å². The van der Waals surface area contributed by atoms with Crippen molar-refractivity contribution in [2.75, 3.05) is 0 Å². The van der Waals surface area contributed by atoms with Crippen molar-refractivity contribution < 1.29 is 86.1 Å². The Hall–Kier alpha value is 0.820. The van der Waals surface area contributed by atoms with E-state index >= 15 is 0 Å². The van der Waals surface area contributed by atoms with Crippen LogP contribution in [-0.2, 0) is 27.4 Å². The summed E-state index contributed by atoms with van der Waals surface area (Å²) >= 11 is 0. The predicted octanol–water partition coefficient (Wildman–Crippen LogP) is -2.87. The second-order valence-electron chi connectivity index (χ2n) is 3.62. The van der Waals surface area contributed by atoms with Gasteiger partial charge in [-0.1, -0.05) is 0 Å². The lowest BCUT2D eigenvalue weighted by molar-refractivity contribution is 0.264. The van der Waals surface area contributed by atoms with Gasteiger partial charge in [0.2, 0.25) is 0 Å². The maximum Gasteiger partial charge on any atom is 0.422 e. The molecule has 0 aromatic heterocycles. The Morgan fingerprint density at radius 2 is 0.385 bits per heavy atom. The van der Waals surface area contributed by atoms with Crippen molar-refractivity contribution in [2.45, 2.75) is 0 Å². The van der Waals surface area contributed by atoms with Gasteiger partial charge in [0.15, 0.2) is 0 Å². The molecule has 0 atom stereocenters. The van der Waals surface area contributed by atoms with E-state index in [4.69, 9.17) is 58.7 Å². The summed E-state index contributed by atoms with van der Waals surface area (Å²) in [5.74, 6) is 0. The van der Waals surface area contributed by atoms with Crippen LogP contribution in [0.3, 0.4) is 0 Å². The second-order valence-corrected chi connectivity index (χ2v) is 14.1. The van der Waals surface area contributed by atoms with Crippen LogP contribution in [-0.4, -0.2) is 67.1 Å². The normalized spacial score (nSPS) is 15.0. The van der Waals surface area contributed by atoms with Gasteiger partial charge in [-0.15, -0.1) is 0 Å². The third-order valence-corrected chi connectivity index (χ3v) is 12.6. The minimum Gasteiger partial charge on any atom is -0.312 e. The van der Waals surface area contributed by atoms with Gasteiger partial charge in [0, 0.05) is 0 Å². The van der Waals surface area contributed by atoms with Crippen molar-refractivity contribution in [1.29, 1.82) is 0 Å². The maximum absolute atomic E-state index is 10.3. The molecule has 26 heavy (non-hydrogen) atoms. The van der Waals surface area contributed by atoms with Crippen LogP contribution < -0.4 is 0 Å². The fraction of sp³-hybridized carbons (Fsp3) is 0. The molecule has 0 saturated heterocycles. The summed E-state index contributed by atoms with van der Waals surface area (Å²) in [7, 11) is -34.3. The summed E-state index contributed by atoms with van der Waals surface area (Å²) in [4.78, 5) is 98.4. The molecular formula is H12N2O18P6. The van der Waals surface area contributed by atoms with E-state index in [0.717, 1.165) is 0 Å². The van der Waals surface area contributed by atoms with Gasteiger partial charge in [-0.2, -0.15) is 0 Å². The molecule has 0 heterocycles. The topological polar surface area (TPSA) is 352 Å². The SMILES string of the molecule is O=P(O)(O)N(P(=O)(O)O)P(=O)(O)O.O=P(O)(O)N(P(=O)(O)O)P(=O)(O)O. The molecule has 0 unspecified atom stereocenters. The zero-order valence-corrected chi connectivity index (χ0v) is 16.8. The highest BCUT2D eigenvalue weighted by atomic mass is 31.3. The monoisotopic (exact) mass is 514 g/mol. The molecule has 0 fully saturated rings. The molecule has 0 aromatic rings. The van der Waals surface area contributed by atoms with Gasteiger partial charge in [0.1, 0.15) is 0 Å². The van der Waals surface area contributed by atoms with Gasteiger partial charge in [0.25, 0.3) is 0 Å².